The molecule has 98 valence electrons. The average molecular weight is 278 g/mol. The fourth-order valence-corrected chi connectivity index (χ4v) is 2.29. The van der Waals surface area contributed by atoms with Gasteiger partial charge in [0.15, 0.2) is 0 Å². The van der Waals surface area contributed by atoms with Gasteiger partial charge < -0.3 is 14.5 Å². The van der Waals surface area contributed by atoms with E-state index in [9.17, 15) is 4.79 Å². The smallest absolute Gasteiger partial charge is 0.255 e. The number of alkyl halides is 1. The van der Waals surface area contributed by atoms with Crippen LogP contribution in [0.5, 0.6) is 5.75 Å². The molecule has 19 heavy (non-hydrogen) atoms. The number of fused-ring (bicyclic) bond motifs is 1. The van der Waals surface area contributed by atoms with Crippen LogP contribution < -0.4 is 10.1 Å². The van der Waals surface area contributed by atoms with Crippen molar-refractivity contribution in [1.29, 1.82) is 0 Å². The number of amides is 1. The van der Waals surface area contributed by atoms with Crippen molar-refractivity contribution in [1.82, 2.24) is 5.32 Å². The second kappa shape index (κ2) is 4.97. The Hall–Kier alpha value is -1.94. The van der Waals surface area contributed by atoms with Crippen LogP contribution in [0.15, 0.2) is 41.0 Å². The van der Waals surface area contributed by atoms with Crippen molar-refractivity contribution in [3.8, 4) is 5.75 Å². The number of carbonyl (C=O) groups excluding carboxylic acids is 1. The van der Waals surface area contributed by atoms with E-state index in [0.717, 1.165) is 5.56 Å². The quantitative estimate of drug-likeness (QED) is 0.859. The Morgan fingerprint density at radius 3 is 3.00 bits per heavy atom. The van der Waals surface area contributed by atoms with Gasteiger partial charge in [0, 0.05) is 0 Å². The topological polar surface area (TPSA) is 51.5 Å². The van der Waals surface area contributed by atoms with Gasteiger partial charge in [-0.2, -0.15) is 0 Å². The first-order valence-corrected chi connectivity index (χ1v) is 6.42. The van der Waals surface area contributed by atoms with E-state index in [2.05, 4.69) is 5.32 Å². The van der Waals surface area contributed by atoms with Gasteiger partial charge in [0.1, 0.15) is 23.5 Å². The minimum Gasteiger partial charge on any atom is -0.491 e. The van der Waals surface area contributed by atoms with Crippen LogP contribution in [0.25, 0.3) is 0 Å². The normalized spacial score (nSPS) is 15.9. The maximum absolute atomic E-state index is 11.9. The van der Waals surface area contributed by atoms with Gasteiger partial charge in [-0.05, 0) is 29.8 Å². The largest absolute Gasteiger partial charge is 0.491 e. The number of halogens is 1. The third kappa shape index (κ3) is 2.31. The Balaban J connectivity index is 1.98. The van der Waals surface area contributed by atoms with Crippen LogP contribution >= 0.6 is 11.6 Å². The molecule has 1 unspecified atom stereocenters. The zero-order valence-corrected chi connectivity index (χ0v) is 10.8. The zero-order chi connectivity index (χ0) is 13.2. The molecule has 1 aliphatic heterocycles. The van der Waals surface area contributed by atoms with Gasteiger partial charge in [-0.25, -0.2) is 0 Å². The zero-order valence-electron chi connectivity index (χ0n) is 10.1. The lowest BCUT2D eigenvalue weighted by Gasteiger charge is -2.11. The van der Waals surface area contributed by atoms with Crippen molar-refractivity contribution in [2.45, 2.75) is 5.38 Å². The number of rotatable bonds is 2. The second-order valence-corrected chi connectivity index (χ2v) is 4.67. The van der Waals surface area contributed by atoms with E-state index in [4.69, 9.17) is 20.8 Å². The number of furan rings is 1. The van der Waals surface area contributed by atoms with Gasteiger partial charge in [0.2, 0.25) is 0 Å². The van der Waals surface area contributed by atoms with Crippen LogP contribution in [-0.2, 0) is 0 Å². The molecule has 1 aliphatic rings. The van der Waals surface area contributed by atoms with E-state index in [1.807, 2.05) is 6.07 Å². The van der Waals surface area contributed by atoms with Crippen LogP contribution in [0.4, 0.5) is 0 Å². The highest BCUT2D eigenvalue weighted by molar-refractivity contribution is 6.22. The molecule has 0 saturated heterocycles. The van der Waals surface area contributed by atoms with Crippen LogP contribution in [0.3, 0.4) is 0 Å². The molecule has 4 nitrogen and oxygen atoms in total. The first-order valence-electron chi connectivity index (χ1n) is 5.98. The van der Waals surface area contributed by atoms with Gasteiger partial charge in [-0.1, -0.05) is 6.07 Å². The number of hydrogen-bond acceptors (Lipinski definition) is 3. The number of benzene rings is 1. The summed E-state index contributed by atoms with van der Waals surface area (Å²) in [4.78, 5) is 11.9. The van der Waals surface area contributed by atoms with E-state index < -0.39 is 5.38 Å². The van der Waals surface area contributed by atoms with Crippen LogP contribution in [0.2, 0.25) is 0 Å². The Morgan fingerprint density at radius 2 is 2.21 bits per heavy atom. The first-order chi connectivity index (χ1) is 9.25. The van der Waals surface area contributed by atoms with Crippen molar-refractivity contribution >= 4 is 17.5 Å². The van der Waals surface area contributed by atoms with Crippen LogP contribution in [0, 0.1) is 0 Å². The standard InChI is InChI=1S/C14H12ClNO3/c15-13(12-2-1-6-18-12)9-3-4-11-10(8-9)14(17)16-5-7-19-11/h1-4,6,8,13H,5,7H2,(H,16,17). The number of hydrogen-bond donors (Lipinski definition) is 1. The summed E-state index contributed by atoms with van der Waals surface area (Å²) in [5.41, 5.74) is 1.31. The van der Waals surface area contributed by atoms with Crippen molar-refractivity contribution in [3.05, 3.63) is 53.5 Å². The number of ether oxygens (including phenoxy) is 1. The summed E-state index contributed by atoms with van der Waals surface area (Å²) < 4.78 is 10.8. The Kier molecular flexibility index (Phi) is 3.17. The monoisotopic (exact) mass is 277 g/mol. The third-order valence-corrected chi connectivity index (χ3v) is 3.45. The number of carbonyl (C=O) groups is 1. The fraction of sp³-hybridized carbons (Fsp3) is 0.214. The predicted octanol–water partition coefficient (Wildman–Crippen LogP) is 2.73. The summed E-state index contributed by atoms with van der Waals surface area (Å²) in [5.74, 6) is 1.09. The summed E-state index contributed by atoms with van der Waals surface area (Å²) >= 11 is 6.34. The lowest BCUT2D eigenvalue weighted by Crippen LogP contribution is -2.24. The van der Waals surface area contributed by atoms with Gasteiger partial charge >= 0.3 is 0 Å². The molecule has 2 heterocycles. The first kappa shape index (κ1) is 12.1. The molecule has 1 aromatic carbocycles. The van der Waals surface area contributed by atoms with Crippen molar-refractivity contribution in [2.24, 2.45) is 0 Å². The maximum atomic E-state index is 11.9. The SMILES string of the molecule is O=C1NCCOc2ccc(C(Cl)c3ccco3)cc21. The highest BCUT2D eigenvalue weighted by Gasteiger charge is 2.20. The minimum atomic E-state index is -0.420. The molecule has 1 N–H and O–H groups in total. The summed E-state index contributed by atoms with van der Waals surface area (Å²) in [6.45, 7) is 0.978. The molecule has 1 aromatic heterocycles. The van der Waals surface area contributed by atoms with Crippen LogP contribution in [0.1, 0.15) is 27.1 Å². The minimum absolute atomic E-state index is 0.141. The van der Waals surface area contributed by atoms with E-state index in [1.54, 1.807) is 30.5 Å². The molecule has 2 aromatic rings. The summed E-state index contributed by atoms with van der Waals surface area (Å²) in [5, 5.41) is 2.35. The Bertz CT molecular complexity index is 595. The summed E-state index contributed by atoms with van der Waals surface area (Å²) in [7, 11) is 0. The molecular formula is C14H12ClNO3. The molecular weight excluding hydrogens is 266 g/mol. The molecule has 0 saturated carbocycles. The molecule has 0 bridgehead atoms. The van der Waals surface area contributed by atoms with Gasteiger partial charge in [0.25, 0.3) is 5.91 Å². The molecule has 0 aliphatic carbocycles. The predicted molar refractivity (Wildman–Crippen MR) is 70.7 cm³/mol. The lowest BCUT2D eigenvalue weighted by molar-refractivity contribution is 0.0957. The van der Waals surface area contributed by atoms with Crippen molar-refractivity contribution in [2.75, 3.05) is 13.2 Å². The molecule has 0 radical (unpaired) electrons. The third-order valence-electron chi connectivity index (χ3n) is 2.98. The van der Waals surface area contributed by atoms with Gasteiger partial charge in [-0.3, -0.25) is 4.79 Å². The van der Waals surface area contributed by atoms with Crippen molar-refractivity contribution in [3.63, 3.8) is 0 Å². The van der Waals surface area contributed by atoms with E-state index in [1.165, 1.54) is 0 Å². The average Bonchev–Trinajstić information content (AvgIpc) is 2.90. The Morgan fingerprint density at radius 1 is 1.32 bits per heavy atom. The van der Waals surface area contributed by atoms with E-state index in [-0.39, 0.29) is 5.91 Å². The van der Waals surface area contributed by atoms with E-state index >= 15 is 0 Å². The highest BCUT2D eigenvalue weighted by atomic mass is 35.5. The highest BCUT2D eigenvalue weighted by Crippen LogP contribution is 2.32. The molecule has 1 atom stereocenters. The maximum Gasteiger partial charge on any atom is 0.255 e. The molecule has 1 amide bonds. The van der Waals surface area contributed by atoms with Crippen molar-refractivity contribution < 1.29 is 13.9 Å². The van der Waals surface area contributed by atoms with Crippen LogP contribution in [-0.4, -0.2) is 19.1 Å². The van der Waals surface area contributed by atoms with E-state index in [0.29, 0.717) is 30.2 Å². The second-order valence-electron chi connectivity index (χ2n) is 4.24. The number of nitrogens with one attached hydrogen (secondary N) is 1. The van der Waals surface area contributed by atoms with Gasteiger partial charge in [-0.15, -0.1) is 11.6 Å². The summed E-state index contributed by atoms with van der Waals surface area (Å²) in [6, 6.07) is 8.95. The molecule has 3 rings (SSSR count). The van der Waals surface area contributed by atoms with Gasteiger partial charge in [0.05, 0.1) is 18.4 Å². The molecule has 0 spiro atoms. The Labute approximate surface area is 115 Å². The molecule has 5 heteroatoms. The fourth-order valence-electron chi connectivity index (χ4n) is 2.03. The molecule has 0 fully saturated rings. The lowest BCUT2D eigenvalue weighted by atomic mass is 10.0. The summed E-state index contributed by atoms with van der Waals surface area (Å²) in [6.07, 6.45) is 1.57.